The van der Waals surface area contributed by atoms with E-state index in [2.05, 4.69) is 10.3 Å². The fraction of sp³-hybridized carbons (Fsp3) is 0.214. The van der Waals surface area contributed by atoms with E-state index >= 15 is 0 Å². The second kappa shape index (κ2) is 6.64. The van der Waals surface area contributed by atoms with Gasteiger partial charge in [0.2, 0.25) is 0 Å². The van der Waals surface area contributed by atoms with Gasteiger partial charge in [-0.05, 0) is 31.6 Å². The van der Waals surface area contributed by atoms with E-state index in [9.17, 15) is 9.59 Å². The van der Waals surface area contributed by atoms with Gasteiger partial charge < -0.3 is 5.11 Å². The summed E-state index contributed by atoms with van der Waals surface area (Å²) in [5.74, 6) is -1.24. The Morgan fingerprint density at radius 3 is 2.76 bits per heavy atom. The highest BCUT2D eigenvalue weighted by Gasteiger charge is 2.12. The second-order valence-electron chi connectivity index (χ2n) is 4.20. The number of hydrogen-bond donors (Lipinski definition) is 2. The van der Waals surface area contributed by atoms with E-state index in [0.29, 0.717) is 14.9 Å². The molecule has 21 heavy (non-hydrogen) atoms. The molecular weight excluding hydrogens is 308 g/mol. The Morgan fingerprint density at radius 2 is 2.14 bits per heavy atom. The predicted octanol–water partition coefficient (Wildman–Crippen LogP) is 3.43. The summed E-state index contributed by atoms with van der Waals surface area (Å²) in [5, 5.41) is 11.9. The number of hydrogen-bond acceptors (Lipinski definition) is 5. The Kier molecular flexibility index (Phi) is 4.87. The van der Waals surface area contributed by atoms with Crippen LogP contribution in [-0.4, -0.2) is 22.0 Å². The third-order valence-electron chi connectivity index (χ3n) is 2.69. The molecular formula is C14H14N2O3S2. The summed E-state index contributed by atoms with van der Waals surface area (Å²) in [5.41, 5.74) is 0.992. The molecule has 0 aliphatic rings. The summed E-state index contributed by atoms with van der Waals surface area (Å²) in [6, 6.07) is 3.38. The van der Waals surface area contributed by atoms with Crippen molar-refractivity contribution in [3.8, 4) is 0 Å². The van der Waals surface area contributed by atoms with Crippen molar-refractivity contribution in [3.63, 3.8) is 0 Å². The second-order valence-corrected chi connectivity index (χ2v) is 6.52. The molecule has 0 aliphatic heterocycles. The minimum atomic E-state index is -1.01. The quantitative estimate of drug-likeness (QED) is 0.827. The zero-order chi connectivity index (χ0) is 15.4. The molecule has 2 N–H and O–H groups in total. The number of thiazole rings is 1. The maximum absolute atomic E-state index is 12.1. The summed E-state index contributed by atoms with van der Waals surface area (Å²) in [6.07, 6.45) is 3.35. The smallest absolute Gasteiger partial charge is 0.328 e. The van der Waals surface area contributed by atoms with Crippen LogP contribution < -0.4 is 5.32 Å². The molecule has 0 spiro atoms. The highest BCUT2D eigenvalue weighted by atomic mass is 32.1. The zero-order valence-corrected chi connectivity index (χ0v) is 13.2. The topological polar surface area (TPSA) is 79.3 Å². The summed E-state index contributed by atoms with van der Waals surface area (Å²) >= 11 is 2.69. The fourth-order valence-corrected chi connectivity index (χ4v) is 3.39. The number of nitrogens with zero attached hydrogens (tertiary/aromatic N) is 1. The number of thiophene rings is 1. The van der Waals surface area contributed by atoms with Gasteiger partial charge in [0.25, 0.3) is 5.91 Å². The molecule has 2 aromatic heterocycles. The molecule has 0 aromatic carbocycles. The van der Waals surface area contributed by atoms with Gasteiger partial charge in [0.15, 0.2) is 5.13 Å². The van der Waals surface area contributed by atoms with Crippen LogP contribution in [0.1, 0.15) is 32.0 Å². The lowest BCUT2D eigenvalue weighted by Gasteiger charge is -1.97. The number of carboxylic acid groups (broad SMARTS) is 1. The predicted molar refractivity (Wildman–Crippen MR) is 85.2 cm³/mol. The minimum Gasteiger partial charge on any atom is -0.478 e. The van der Waals surface area contributed by atoms with Crippen molar-refractivity contribution in [1.82, 2.24) is 4.98 Å². The molecule has 0 bridgehead atoms. The number of aryl methyl sites for hydroxylation is 2. The van der Waals surface area contributed by atoms with Crippen molar-refractivity contribution in [3.05, 3.63) is 38.5 Å². The van der Waals surface area contributed by atoms with Gasteiger partial charge in [-0.3, -0.25) is 10.1 Å². The van der Waals surface area contributed by atoms with Crippen LogP contribution in [-0.2, 0) is 11.2 Å². The minimum absolute atomic E-state index is 0.230. The molecule has 0 unspecified atom stereocenters. The lowest BCUT2D eigenvalue weighted by Crippen LogP contribution is -2.09. The molecule has 0 aliphatic carbocycles. The van der Waals surface area contributed by atoms with Gasteiger partial charge in [0.05, 0.1) is 10.6 Å². The molecule has 1 amide bonds. The van der Waals surface area contributed by atoms with Gasteiger partial charge in [-0.1, -0.05) is 6.92 Å². The number of amides is 1. The number of carbonyl (C=O) groups excluding carboxylic acids is 1. The van der Waals surface area contributed by atoms with Crippen molar-refractivity contribution >= 4 is 45.8 Å². The Labute approximate surface area is 130 Å². The van der Waals surface area contributed by atoms with E-state index in [1.54, 1.807) is 12.1 Å². The van der Waals surface area contributed by atoms with Crippen LogP contribution in [0.15, 0.2) is 18.2 Å². The van der Waals surface area contributed by atoms with Crippen LogP contribution in [0.3, 0.4) is 0 Å². The number of carboxylic acids is 1. The van der Waals surface area contributed by atoms with Crippen LogP contribution >= 0.6 is 22.7 Å². The Balaban J connectivity index is 2.08. The summed E-state index contributed by atoms with van der Waals surface area (Å²) < 4.78 is 0. The van der Waals surface area contributed by atoms with Gasteiger partial charge >= 0.3 is 5.97 Å². The molecule has 2 heterocycles. The third kappa shape index (κ3) is 3.99. The van der Waals surface area contributed by atoms with Crippen LogP contribution in [0.4, 0.5) is 5.13 Å². The molecule has 0 radical (unpaired) electrons. The monoisotopic (exact) mass is 322 g/mol. The normalized spacial score (nSPS) is 11.0. The van der Waals surface area contributed by atoms with Crippen LogP contribution in [0.2, 0.25) is 0 Å². The number of rotatable bonds is 5. The first-order valence-electron chi connectivity index (χ1n) is 6.28. The van der Waals surface area contributed by atoms with E-state index < -0.39 is 5.97 Å². The SMILES string of the molecule is CCc1nc(NC(=O)c2ccc(C=CC(=O)O)s2)sc1C. The lowest BCUT2D eigenvalue weighted by atomic mass is 10.3. The van der Waals surface area contributed by atoms with Crippen LogP contribution in [0, 0.1) is 6.92 Å². The molecule has 0 atom stereocenters. The van der Waals surface area contributed by atoms with E-state index in [1.807, 2.05) is 13.8 Å². The average molecular weight is 322 g/mol. The average Bonchev–Trinajstić information content (AvgIpc) is 3.03. The first-order valence-corrected chi connectivity index (χ1v) is 7.91. The number of carbonyl (C=O) groups is 2. The molecule has 0 saturated heterocycles. The van der Waals surface area contributed by atoms with Crippen molar-refractivity contribution < 1.29 is 14.7 Å². The number of aromatic nitrogens is 1. The van der Waals surface area contributed by atoms with Crippen molar-refractivity contribution in [2.75, 3.05) is 5.32 Å². The standard InChI is InChI=1S/C14H14N2O3S2/c1-3-10-8(2)20-14(15-10)16-13(19)11-6-4-9(21-11)5-7-12(17)18/h4-7H,3H2,1-2H3,(H,17,18)(H,15,16,19). The summed E-state index contributed by atoms with van der Waals surface area (Å²) in [6.45, 7) is 4.00. The molecule has 0 saturated carbocycles. The largest absolute Gasteiger partial charge is 0.478 e. The molecule has 5 nitrogen and oxygen atoms in total. The first-order chi connectivity index (χ1) is 9.99. The van der Waals surface area contributed by atoms with Gasteiger partial charge in [-0.25, -0.2) is 9.78 Å². The molecule has 0 fully saturated rings. The van der Waals surface area contributed by atoms with E-state index in [1.165, 1.54) is 28.7 Å². The maximum Gasteiger partial charge on any atom is 0.328 e. The Hall–Kier alpha value is -1.99. The Morgan fingerprint density at radius 1 is 1.38 bits per heavy atom. The summed E-state index contributed by atoms with van der Waals surface area (Å²) in [7, 11) is 0. The molecule has 110 valence electrons. The van der Waals surface area contributed by atoms with Crippen molar-refractivity contribution in [2.24, 2.45) is 0 Å². The third-order valence-corrected chi connectivity index (χ3v) is 4.67. The van der Waals surface area contributed by atoms with Crippen molar-refractivity contribution in [2.45, 2.75) is 20.3 Å². The number of nitrogens with one attached hydrogen (secondary N) is 1. The molecule has 2 rings (SSSR count). The molecule has 7 heteroatoms. The van der Waals surface area contributed by atoms with Gasteiger partial charge in [0, 0.05) is 15.8 Å². The fourth-order valence-electron chi connectivity index (χ4n) is 1.69. The van der Waals surface area contributed by atoms with Crippen LogP contribution in [0.25, 0.3) is 6.08 Å². The number of anilines is 1. The van der Waals surface area contributed by atoms with E-state index in [-0.39, 0.29) is 5.91 Å². The summed E-state index contributed by atoms with van der Waals surface area (Å²) in [4.78, 5) is 29.2. The lowest BCUT2D eigenvalue weighted by molar-refractivity contribution is -0.131. The van der Waals surface area contributed by atoms with Gasteiger partial charge in [0.1, 0.15) is 0 Å². The van der Waals surface area contributed by atoms with Gasteiger partial charge in [-0.2, -0.15) is 0 Å². The molecule has 2 aromatic rings. The maximum atomic E-state index is 12.1. The van der Waals surface area contributed by atoms with E-state index in [0.717, 1.165) is 23.1 Å². The highest BCUT2D eigenvalue weighted by Crippen LogP contribution is 2.24. The highest BCUT2D eigenvalue weighted by molar-refractivity contribution is 7.16. The first kappa shape index (κ1) is 15.4. The van der Waals surface area contributed by atoms with Gasteiger partial charge in [-0.15, -0.1) is 22.7 Å². The number of aliphatic carboxylic acids is 1. The van der Waals surface area contributed by atoms with E-state index in [4.69, 9.17) is 5.11 Å². The zero-order valence-electron chi connectivity index (χ0n) is 11.5. The van der Waals surface area contributed by atoms with Crippen molar-refractivity contribution in [1.29, 1.82) is 0 Å². The Bertz CT molecular complexity index is 701. The van der Waals surface area contributed by atoms with Crippen LogP contribution in [0.5, 0.6) is 0 Å².